The molecule has 2 heterocycles. The molecule has 0 radical (unpaired) electrons. The minimum Gasteiger partial charge on any atom is -0.378 e. The average Bonchev–Trinajstić information content (AvgIpc) is 3.41. The van der Waals surface area contributed by atoms with Gasteiger partial charge in [-0.1, -0.05) is 12.1 Å². The molecule has 2 aromatic rings. The fourth-order valence-electron chi connectivity index (χ4n) is 3.19. The van der Waals surface area contributed by atoms with Crippen molar-refractivity contribution in [2.45, 2.75) is 31.6 Å². The molecule has 1 aromatic heterocycles. The lowest BCUT2D eigenvalue weighted by Gasteiger charge is -2.29. The quantitative estimate of drug-likeness (QED) is 0.878. The van der Waals surface area contributed by atoms with Gasteiger partial charge in [0.2, 0.25) is 5.91 Å². The second-order valence-electron chi connectivity index (χ2n) is 6.88. The van der Waals surface area contributed by atoms with Gasteiger partial charge < -0.3 is 15.0 Å². The number of amides is 1. The maximum atomic E-state index is 12.5. The monoisotopic (exact) mass is 340 g/mol. The van der Waals surface area contributed by atoms with Crippen molar-refractivity contribution < 1.29 is 9.53 Å². The number of carbonyl (C=O) groups is 1. The van der Waals surface area contributed by atoms with Gasteiger partial charge in [-0.05, 0) is 37.5 Å². The van der Waals surface area contributed by atoms with Crippen LogP contribution in [0.15, 0.2) is 30.3 Å². The zero-order valence-electron chi connectivity index (χ0n) is 14.5. The van der Waals surface area contributed by atoms with Crippen LogP contribution in [0, 0.1) is 0 Å². The summed E-state index contributed by atoms with van der Waals surface area (Å²) in [5.41, 5.74) is 3.31. The van der Waals surface area contributed by atoms with E-state index in [0.717, 1.165) is 37.6 Å². The average molecular weight is 340 g/mol. The number of aromatic nitrogens is 2. The maximum absolute atomic E-state index is 12.5. The molecule has 2 aliphatic rings. The first-order valence-electron chi connectivity index (χ1n) is 8.99. The van der Waals surface area contributed by atoms with Crippen molar-refractivity contribution in [3.8, 4) is 0 Å². The largest absolute Gasteiger partial charge is 0.378 e. The van der Waals surface area contributed by atoms with Crippen LogP contribution in [-0.4, -0.2) is 42.4 Å². The van der Waals surface area contributed by atoms with Crippen molar-refractivity contribution in [3.63, 3.8) is 0 Å². The third-order valence-electron chi connectivity index (χ3n) is 5.03. The van der Waals surface area contributed by atoms with Gasteiger partial charge in [-0.2, -0.15) is 5.10 Å². The Labute approximate surface area is 147 Å². The van der Waals surface area contributed by atoms with Gasteiger partial charge in [0.15, 0.2) is 5.82 Å². The van der Waals surface area contributed by atoms with E-state index in [1.807, 2.05) is 25.1 Å². The molecule has 2 N–H and O–H groups in total. The molecule has 1 amide bonds. The topological polar surface area (TPSA) is 70.2 Å². The first kappa shape index (κ1) is 16.1. The normalized spacial score (nSPS) is 18.8. The molecule has 1 saturated carbocycles. The molecule has 6 nitrogen and oxygen atoms in total. The van der Waals surface area contributed by atoms with E-state index in [-0.39, 0.29) is 11.8 Å². The third-order valence-corrected chi connectivity index (χ3v) is 5.03. The van der Waals surface area contributed by atoms with Crippen LogP contribution in [0.25, 0.3) is 0 Å². The van der Waals surface area contributed by atoms with Gasteiger partial charge in [-0.25, -0.2) is 0 Å². The van der Waals surface area contributed by atoms with E-state index in [1.165, 1.54) is 18.5 Å². The van der Waals surface area contributed by atoms with Crippen LogP contribution in [0.4, 0.5) is 11.5 Å². The Balaban J connectivity index is 1.38. The van der Waals surface area contributed by atoms with Crippen LogP contribution < -0.4 is 10.2 Å². The number of anilines is 2. The Bertz CT molecular complexity index is 730. The van der Waals surface area contributed by atoms with E-state index >= 15 is 0 Å². The standard InChI is InChI=1S/C19H24N4O2/c1-13(19(24)20-18-12-17(21-22-18)15-2-3-15)14-4-6-16(7-5-14)23-8-10-25-11-9-23/h4-7,12-13,15H,2-3,8-11H2,1H3,(H2,20,21,22,24). The number of hydrogen-bond acceptors (Lipinski definition) is 4. The summed E-state index contributed by atoms with van der Waals surface area (Å²) in [6, 6.07) is 10.2. The first-order valence-corrected chi connectivity index (χ1v) is 8.99. The van der Waals surface area contributed by atoms with Gasteiger partial charge in [0.05, 0.1) is 19.1 Å². The van der Waals surface area contributed by atoms with Crippen molar-refractivity contribution in [1.82, 2.24) is 10.2 Å². The van der Waals surface area contributed by atoms with Gasteiger partial charge in [0.1, 0.15) is 0 Å². The molecule has 6 heteroatoms. The van der Waals surface area contributed by atoms with E-state index in [4.69, 9.17) is 4.74 Å². The molecule has 0 bridgehead atoms. The van der Waals surface area contributed by atoms with E-state index in [1.54, 1.807) is 0 Å². The second-order valence-corrected chi connectivity index (χ2v) is 6.88. The maximum Gasteiger partial charge on any atom is 0.232 e. The predicted molar refractivity (Wildman–Crippen MR) is 97.1 cm³/mol. The van der Waals surface area contributed by atoms with E-state index < -0.39 is 0 Å². The van der Waals surface area contributed by atoms with E-state index in [0.29, 0.717) is 11.7 Å². The Morgan fingerprint density at radius 1 is 1.28 bits per heavy atom. The van der Waals surface area contributed by atoms with Crippen LogP contribution in [0.3, 0.4) is 0 Å². The molecular formula is C19H24N4O2. The number of aromatic amines is 1. The fraction of sp³-hybridized carbons (Fsp3) is 0.474. The van der Waals surface area contributed by atoms with Crippen molar-refractivity contribution in [3.05, 3.63) is 41.6 Å². The lowest BCUT2D eigenvalue weighted by Crippen LogP contribution is -2.36. The van der Waals surface area contributed by atoms with Crippen LogP contribution in [-0.2, 0) is 9.53 Å². The SMILES string of the molecule is CC(C(=O)Nc1cc(C2CC2)[nH]n1)c1ccc(N2CCOCC2)cc1. The number of ether oxygens (including phenoxy) is 1. The summed E-state index contributed by atoms with van der Waals surface area (Å²) in [5, 5.41) is 10.1. The molecule has 1 unspecified atom stereocenters. The Morgan fingerprint density at radius 2 is 2.00 bits per heavy atom. The molecule has 2 fully saturated rings. The van der Waals surface area contributed by atoms with Crippen LogP contribution in [0.1, 0.15) is 42.9 Å². The van der Waals surface area contributed by atoms with Crippen LogP contribution in [0.2, 0.25) is 0 Å². The zero-order chi connectivity index (χ0) is 17.2. The Morgan fingerprint density at radius 3 is 2.68 bits per heavy atom. The van der Waals surface area contributed by atoms with Crippen LogP contribution in [0.5, 0.6) is 0 Å². The number of benzene rings is 1. The van der Waals surface area contributed by atoms with Crippen molar-refractivity contribution in [1.29, 1.82) is 0 Å². The summed E-state index contributed by atoms with van der Waals surface area (Å²) in [6.45, 7) is 5.30. The molecule has 25 heavy (non-hydrogen) atoms. The summed E-state index contributed by atoms with van der Waals surface area (Å²) < 4.78 is 5.39. The van der Waals surface area contributed by atoms with Crippen molar-refractivity contribution in [2.75, 3.05) is 36.5 Å². The smallest absolute Gasteiger partial charge is 0.232 e. The highest BCUT2D eigenvalue weighted by Crippen LogP contribution is 2.39. The Hall–Kier alpha value is -2.34. The molecule has 132 valence electrons. The van der Waals surface area contributed by atoms with E-state index in [2.05, 4.69) is 32.5 Å². The number of hydrogen-bond donors (Lipinski definition) is 2. The molecule has 1 aliphatic carbocycles. The van der Waals surface area contributed by atoms with Gasteiger partial charge in [-0.3, -0.25) is 9.89 Å². The molecule has 1 saturated heterocycles. The Kier molecular flexibility index (Phi) is 4.44. The summed E-state index contributed by atoms with van der Waals surface area (Å²) in [7, 11) is 0. The predicted octanol–water partition coefficient (Wildman–Crippen LogP) is 2.87. The molecule has 1 aromatic carbocycles. The molecule has 1 atom stereocenters. The van der Waals surface area contributed by atoms with Crippen molar-refractivity contribution >= 4 is 17.4 Å². The van der Waals surface area contributed by atoms with Gasteiger partial charge in [-0.15, -0.1) is 0 Å². The molecular weight excluding hydrogens is 316 g/mol. The summed E-state index contributed by atoms with van der Waals surface area (Å²) >= 11 is 0. The van der Waals surface area contributed by atoms with Crippen LogP contribution >= 0.6 is 0 Å². The van der Waals surface area contributed by atoms with Gasteiger partial charge in [0, 0.05) is 36.5 Å². The minimum atomic E-state index is -0.222. The third kappa shape index (κ3) is 3.69. The van der Waals surface area contributed by atoms with Gasteiger partial charge in [0.25, 0.3) is 0 Å². The number of rotatable bonds is 5. The number of nitrogens with zero attached hydrogens (tertiary/aromatic N) is 2. The second kappa shape index (κ2) is 6.88. The minimum absolute atomic E-state index is 0.0343. The van der Waals surface area contributed by atoms with Gasteiger partial charge >= 0.3 is 0 Å². The highest BCUT2D eigenvalue weighted by Gasteiger charge is 2.26. The fourth-order valence-corrected chi connectivity index (χ4v) is 3.19. The summed E-state index contributed by atoms with van der Waals surface area (Å²) in [4.78, 5) is 14.8. The molecule has 0 spiro atoms. The number of nitrogens with one attached hydrogen (secondary N) is 2. The lowest BCUT2D eigenvalue weighted by molar-refractivity contribution is -0.117. The molecule has 4 rings (SSSR count). The zero-order valence-corrected chi connectivity index (χ0v) is 14.5. The summed E-state index contributed by atoms with van der Waals surface area (Å²) in [6.07, 6.45) is 2.42. The number of carbonyl (C=O) groups excluding carboxylic acids is 1. The summed E-state index contributed by atoms with van der Waals surface area (Å²) in [5.74, 6) is 0.958. The highest BCUT2D eigenvalue weighted by molar-refractivity contribution is 5.94. The van der Waals surface area contributed by atoms with Crippen molar-refractivity contribution in [2.24, 2.45) is 0 Å². The molecule has 1 aliphatic heterocycles. The lowest BCUT2D eigenvalue weighted by atomic mass is 10.00. The number of morpholine rings is 1. The van der Waals surface area contributed by atoms with E-state index in [9.17, 15) is 4.79 Å². The number of H-pyrrole nitrogens is 1. The first-order chi connectivity index (χ1) is 12.2. The highest BCUT2D eigenvalue weighted by atomic mass is 16.5.